The highest BCUT2D eigenvalue weighted by atomic mass is 16.3. The molecule has 2 aromatic rings. The first kappa shape index (κ1) is 14.5. The van der Waals surface area contributed by atoms with E-state index >= 15 is 0 Å². The van der Waals surface area contributed by atoms with Crippen LogP contribution in [0.3, 0.4) is 0 Å². The van der Waals surface area contributed by atoms with Gasteiger partial charge in [-0.2, -0.15) is 0 Å². The van der Waals surface area contributed by atoms with Gasteiger partial charge in [0.1, 0.15) is 11.9 Å². The number of amides is 1. The Balaban J connectivity index is 2.21. The van der Waals surface area contributed by atoms with E-state index in [2.05, 4.69) is 9.97 Å². The molecule has 20 heavy (non-hydrogen) atoms. The summed E-state index contributed by atoms with van der Waals surface area (Å²) in [5, 5.41) is 20.1. The Kier molecular flexibility index (Phi) is 4.36. The zero-order valence-electron chi connectivity index (χ0n) is 11.6. The van der Waals surface area contributed by atoms with Crippen molar-refractivity contribution in [2.45, 2.75) is 26.1 Å². The van der Waals surface area contributed by atoms with E-state index in [-0.39, 0.29) is 5.82 Å². The molecule has 1 aromatic carbocycles. The first-order valence-electron chi connectivity index (χ1n) is 6.68. The highest BCUT2D eigenvalue weighted by Crippen LogP contribution is 2.19. The minimum atomic E-state index is -1.52. The smallest absolute Gasteiger partial charge is 0.254 e. The molecule has 0 spiro atoms. The van der Waals surface area contributed by atoms with Crippen LogP contribution in [0.25, 0.3) is 11.0 Å². The lowest BCUT2D eigenvalue weighted by Gasteiger charge is -2.24. The number of imidazole rings is 1. The average molecular weight is 277 g/mol. The molecular weight excluding hydrogens is 258 g/mol. The van der Waals surface area contributed by atoms with Gasteiger partial charge in [-0.25, -0.2) is 4.98 Å². The van der Waals surface area contributed by atoms with E-state index in [1.807, 2.05) is 32.0 Å². The molecule has 0 saturated carbocycles. The van der Waals surface area contributed by atoms with Crippen molar-refractivity contribution >= 4 is 16.9 Å². The maximum Gasteiger partial charge on any atom is 0.254 e. The summed E-state index contributed by atoms with van der Waals surface area (Å²) in [6.45, 7) is 4.61. The lowest BCUT2D eigenvalue weighted by Crippen LogP contribution is -2.42. The molecule has 6 nitrogen and oxygen atoms in total. The summed E-state index contributed by atoms with van der Waals surface area (Å²) in [5.41, 5.74) is 1.44. The van der Waals surface area contributed by atoms with Gasteiger partial charge in [-0.3, -0.25) is 4.79 Å². The normalized spacial score (nSPS) is 14.2. The Bertz CT molecular complexity index is 559. The molecule has 2 atom stereocenters. The van der Waals surface area contributed by atoms with Crippen molar-refractivity contribution in [2.24, 2.45) is 0 Å². The van der Waals surface area contributed by atoms with Crippen LogP contribution in [-0.4, -0.2) is 50.2 Å². The summed E-state index contributed by atoms with van der Waals surface area (Å²) >= 11 is 0. The van der Waals surface area contributed by atoms with Crippen LogP contribution in [0, 0.1) is 0 Å². The fourth-order valence-electron chi connectivity index (χ4n) is 2.12. The largest absolute Gasteiger partial charge is 0.382 e. The Hall–Kier alpha value is -1.92. The molecule has 0 aliphatic carbocycles. The number of rotatable bonds is 5. The number of aliphatic hydroxyl groups excluding tert-OH is 2. The number of nitrogens with one attached hydrogen (secondary N) is 1. The minimum absolute atomic E-state index is 0.194. The number of carbonyl (C=O) groups is 1. The minimum Gasteiger partial charge on any atom is -0.382 e. The summed E-state index contributed by atoms with van der Waals surface area (Å²) in [5.74, 6) is -0.304. The van der Waals surface area contributed by atoms with Gasteiger partial charge in [-0.15, -0.1) is 0 Å². The second-order valence-electron chi connectivity index (χ2n) is 4.54. The number of aromatic amines is 1. The third kappa shape index (κ3) is 2.66. The van der Waals surface area contributed by atoms with Crippen molar-refractivity contribution in [3.8, 4) is 0 Å². The predicted octanol–water partition coefficient (Wildman–Crippen LogP) is 0.826. The van der Waals surface area contributed by atoms with E-state index in [4.69, 9.17) is 0 Å². The van der Waals surface area contributed by atoms with Gasteiger partial charge in [0.2, 0.25) is 0 Å². The van der Waals surface area contributed by atoms with Gasteiger partial charge in [-0.05, 0) is 26.0 Å². The third-order valence-corrected chi connectivity index (χ3v) is 3.32. The highest BCUT2D eigenvalue weighted by molar-refractivity contribution is 5.81. The zero-order chi connectivity index (χ0) is 14.7. The quantitative estimate of drug-likeness (QED) is 0.755. The number of benzene rings is 1. The number of hydrogen-bond acceptors (Lipinski definition) is 4. The van der Waals surface area contributed by atoms with Gasteiger partial charge in [0.15, 0.2) is 6.10 Å². The lowest BCUT2D eigenvalue weighted by molar-refractivity contribution is -0.146. The molecule has 0 aliphatic heterocycles. The Morgan fingerprint density at radius 1 is 1.30 bits per heavy atom. The first-order chi connectivity index (χ1) is 9.58. The molecule has 108 valence electrons. The number of hydrogen-bond donors (Lipinski definition) is 3. The van der Waals surface area contributed by atoms with Crippen LogP contribution in [-0.2, 0) is 4.79 Å². The predicted molar refractivity (Wildman–Crippen MR) is 75.0 cm³/mol. The van der Waals surface area contributed by atoms with Crippen LogP contribution in [0.2, 0.25) is 0 Å². The number of para-hydroxylation sites is 2. The van der Waals surface area contributed by atoms with Crippen molar-refractivity contribution in [1.82, 2.24) is 14.9 Å². The number of aliphatic hydroxyl groups is 2. The number of likely N-dealkylation sites (N-methyl/N-ethyl adjacent to an activating group) is 1. The molecule has 3 N–H and O–H groups in total. The molecule has 0 radical (unpaired) electrons. The van der Waals surface area contributed by atoms with Crippen LogP contribution in [0.5, 0.6) is 0 Å². The zero-order valence-corrected chi connectivity index (χ0v) is 11.6. The molecule has 6 heteroatoms. The van der Waals surface area contributed by atoms with Gasteiger partial charge in [0.25, 0.3) is 5.91 Å². The molecule has 1 amide bonds. The molecule has 1 aromatic heterocycles. The van der Waals surface area contributed by atoms with Crippen molar-refractivity contribution in [3.05, 3.63) is 30.1 Å². The third-order valence-electron chi connectivity index (χ3n) is 3.32. The number of H-pyrrole nitrogens is 1. The maximum absolute atomic E-state index is 12.0. The van der Waals surface area contributed by atoms with Crippen molar-refractivity contribution in [3.63, 3.8) is 0 Å². The van der Waals surface area contributed by atoms with Gasteiger partial charge in [0.05, 0.1) is 11.0 Å². The van der Waals surface area contributed by atoms with E-state index < -0.39 is 18.1 Å². The Morgan fingerprint density at radius 3 is 2.55 bits per heavy atom. The second-order valence-corrected chi connectivity index (χ2v) is 4.54. The average Bonchev–Trinajstić information content (AvgIpc) is 2.90. The molecule has 0 aliphatic rings. The number of aromatic nitrogens is 2. The second kappa shape index (κ2) is 6.02. The summed E-state index contributed by atoms with van der Waals surface area (Å²) in [7, 11) is 0. The van der Waals surface area contributed by atoms with Crippen molar-refractivity contribution < 1.29 is 15.0 Å². The Labute approximate surface area is 117 Å². The molecule has 0 fully saturated rings. The number of carbonyl (C=O) groups excluding carboxylic acids is 1. The summed E-state index contributed by atoms with van der Waals surface area (Å²) in [6, 6.07) is 7.28. The van der Waals surface area contributed by atoms with Crippen LogP contribution in [0.15, 0.2) is 24.3 Å². The van der Waals surface area contributed by atoms with Crippen LogP contribution in [0.1, 0.15) is 25.8 Å². The van der Waals surface area contributed by atoms with E-state index in [1.54, 1.807) is 6.07 Å². The lowest BCUT2D eigenvalue weighted by atomic mass is 10.1. The van der Waals surface area contributed by atoms with Crippen LogP contribution < -0.4 is 0 Å². The molecule has 2 rings (SSSR count). The topological polar surface area (TPSA) is 89.5 Å². The maximum atomic E-state index is 12.0. The van der Waals surface area contributed by atoms with Crippen LogP contribution >= 0.6 is 0 Å². The molecule has 0 saturated heterocycles. The van der Waals surface area contributed by atoms with Gasteiger partial charge < -0.3 is 20.1 Å². The monoisotopic (exact) mass is 277 g/mol. The summed E-state index contributed by atoms with van der Waals surface area (Å²) < 4.78 is 0. The van der Waals surface area contributed by atoms with Crippen molar-refractivity contribution in [2.75, 3.05) is 13.1 Å². The first-order valence-corrected chi connectivity index (χ1v) is 6.68. The van der Waals surface area contributed by atoms with Gasteiger partial charge in [0, 0.05) is 13.1 Å². The van der Waals surface area contributed by atoms with E-state index in [9.17, 15) is 15.0 Å². The number of fused-ring (bicyclic) bond motifs is 1. The molecule has 0 unspecified atom stereocenters. The molecular formula is C14H19N3O3. The van der Waals surface area contributed by atoms with E-state index in [0.29, 0.717) is 18.6 Å². The van der Waals surface area contributed by atoms with Crippen LogP contribution in [0.4, 0.5) is 0 Å². The standard InChI is InChI=1S/C14H19N3O3/c1-3-17(4-2)14(20)12(19)11(18)13-15-9-7-5-6-8-10(9)16-13/h5-8,11-12,18-19H,3-4H2,1-2H3,(H,15,16)/t11-,12+/m1/s1. The highest BCUT2D eigenvalue weighted by Gasteiger charge is 2.30. The number of nitrogens with zero attached hydrogens (tertiary/aromatic N) is 2. The van der Waals surface area contributed by atoms with E-state index in [0.717, 1.165) is 5.52 Å². The fraction of sp³-hybridized carbons (Fsp3) is 0.429. The summed E-state index contributed by atoms with van der Waals surface area (Å²) in [6.07, 6.45) is -2.88. The van der Waals surface area contributed by atoms with Crippen molar-refractivity contribution in [1.29, 1.82) is 0 Å². The molecule has 0 bridgehead atoms. The molecule has 1 heterocycles. The van der Waals surface area contributed by atoms with E-state index in [1.165, 1.54) is 4.90 Å². The Morgan fingerprint density at radius 2 is 1.95 bits per heavy atom. The van der Waals surface area contributed by atoms with Gasteiger partial charge >= 0.3 is 0 Å². The summed E-state index contributed by atoms with van der Waals surface area (Å²) in [4.78, 5) is 20.6. The van der Waals surface area contributed by atoms with Gasteiger partial charge in [-0.1, -0.05) is 12.1 Å². The fourth-order valence-corrected chi connectivity index (χ4v) is 2.12. The SMILES string of the molecule is CCN(CC)C(=O)[C@@H](O)[C@@H](O)c1nc2ccccc2[nH]1.